The predicted octanol–water partition coefficient (Wildman–Crippen LogP) is 4.42. The van der Waals surface area contributed by atoms with Crippen molar-refractivity contribution in [3.63, 3.8) is 0 Å². The lowest BCUT2D eigenvalue weighted by atomic mass is 10.1. The minimum atomic E-state index is -0.152. The van der Waals surface area contributed by atoms with Crippen molar-refractivity contribution in [1.29, 1.82) is 0 Å². The van der Waals surface area contributed by atoms with Crippen LogP contribution in [-0.4, -0.2) is 36.1 Å². The predicted molar refractivity (Wildman–Crippen MR) is 105 cm³/mol. The van der Waals surface area contributed by atoms with Gasteiger partial charge >= 0.3 is 0 Å². The minimum Gasteiger partial charge on any atom is -0.444 e. The molecule has 0 saturated carbocycles. The molecule has 0 atom stereocenters. The van der Waals surface area contributed by atoms with Crippen LogP contribution in [-0.2, 0) is 6.54 Å². The molecule has 3 aromatic rings. The maximum Gasteiger partial charge on any atom is 0.226 e. The van der Waals surface area contributed by atoms with Crippen LogP contribution in [0.1, 0.15) is 16.8 Å². The van der Waals surface area contributed by atoms with Gasteiger partial charge in [0.05, 0.1) is 11.4 Å². The lowest BCUT2D eigenvalue weighted by Gasteiger charge is -2.35. The molecule has 2 heterocycles. The fourth-order valence-electron chi connectivity index (χ4n) is 3.64. The lowest BCUT2D eigenvalue weighted by Crippen LogP contribution is -2.46. The summed E-state index contributed by atoms with van der Waals surface area (Å²) < 4.78 is 19.7. The Balaban J connectivity index is 1.39. The molecule has 1 aliphatic rings. The first kappa shape index (κ1) is 17.7. The average Bonchev–Trinajstić information content (AvgIpc) is 3.11. The van der Waals surface area contributed by atoms with E-state index in [0.717, 1.165) is 44.0 Å². The quantitative estimate of drug-likeness (QED) is 0.685. The summed E-state index contributed by atoms with van der Waals surface area (Å²) in [5, 5.41) is 0. The van der Waals surface area contributed by atoms with Gasteiger partial charge in [0.15, 0.2) is 0 Å². The molecule has 27 heavy (non-hydrogen) atoms. The van der Waals surface area contributed by atoms with Gasteiger partial charge in [0.2, 0.25) is 5.89 Å². The summed E-state index contributed by atoms with van der Waals surface area (Å²) in [6.07, 6.45) is 1.75. The topological polar surface area (TPSA) is 32.5 Å². The Morgan fingerprint density at radius 3 is 2.56 bits per heavy atom. The summed E-state index contributed by atoms with van der Waals surface area (Å²) in [6.45, 7) is 8.28. The summed E-state index contributed by atoms with van der Waals surface area (Å²) in [5.41, 5.74) is 5.06. The third-order valence-electron chi connectivity index (χ3n) is 5.12. The number of benzene rings is 2. The van der Waals surface area contributed by atoms with Gasteiger partial charge in [-0.15, -0.1) is 0 Å². The molecule has 4 nitrogen and oxygen atoms in total. The smallest absolute Gasteiger partial charge is 0.226 e. The highest BCUT2D eigenvalue weighted by molar-refractivity contribution is 5.59. The Hall–Kier alpha value is -2.66. The molecular weight excluding hydrogens is 341 g/mol. The van der Waals surface area contributed by atoms with Gasteiger partial charge in [-0.3, -0.25) is 4.90 Å². The number of aryl methyl sites for hydroxylation is 2. The molecule has 0 N–H and O–H groups in total. The van der Waals surface area contributed by atoms with E-state index in [2.05, 4.69) is 46.8 Å². The van der Waals surface area contributed by atoms with Crippen LogP contribution in [0.2, 0.25) is 0 Å². The zero-order valence-corrected chi connectivity index (χ0v) is 15.8. The number of nitrogens with zero attached hydrogens (tertiary/aromatic N) is 3. The van der Waals surface area contributed by atoms with Gasteiger partial charge in [-0.1, -0.05) is 29.8 Å². The van der Waals surface area contributed by atoms with Crippen LogP contribution in [0.5, 0.6) is 0 Å². The summed E-state index contributed by atoms with van der Waals surface area (Å²) >= 11 is 0. The van der Waals surface area contributed by atoms with Crippen molar-refractivity contribution in [3.05, 3.63) is 71.4 Å². The number of anilines is 1. The number of hydrogen-bond donors (Lipinski definition) is 0. The second-order valence-corrected chi connectivity index (χ2v) is 7.18. The molecule has 0 aliphatic carbocycles. The Labute approximate surface area is 159 Å². The SMILES string of the molecule is Cc1ccc(-c2nc(CN3CCN(c4ccccc4F)CC3)co2)c(C)c1. The molecule has 1 aromatic heterocycles. The van der Waals surface area contributed by atoms with Gasteiger partial charge in [0, 0.05) is 38.3 Å². The van der Waals surface area contributed by atoms with E-state index in [1.807, 2.05) is 12.1 Å². The molecule has 0 amide bonds. The van der Waals surface area contributed by atoms with Crippen molar-refractivity contribution in [1.82, 2.24) is 9.88 Å². The van der Waals surface area contributed by atoms with Crippen LogP contribution in [0, 0.1) is 19.7 Å². The number of aromatic nitrogens is 1. The standard InChI is InChI=1S/C22H24FN3O/c1-16-7-8-19(17(2)13-16)22-24-18(15-27-22)14-25-9-11-26(12-10-25)21-6-4-3-5-20(21)23/h3-8,13,15H,9-12,14H2,1-2H3. The van der Waals surface area contributed by atoms with E-state index in [0.29, 0.717) is 11.6 Å². The van der Waals surface area contributed by atoms with Crippen molar-refractivity contribution in [2.24, 2.45) is 0 Å². The van der Waals surface area contributed by atoms with E-state index in [1.165, 1.54) is 17.2 Å². The Kier molecular flexibility index (Phi) is 4.94. The number of rotatable bonds is 4. The number of halogens is 1. The van der Waals surface area contributed by atoms with Crippen LogP contribution in [0.4, 0.5) is 10.1 Å². The fraction of sp³-hybridized carbons (Fsp3) is 0.318. The van der Waals surface area contributed by atoms with Crippen LogP contribution in [0.25, 0.3) is 11.5 Å². The van der Waals surface area contributed by atoms with Gasteiger partial charge in [-0.25, -0.2) is 9.37 Å². The molecule has 140 valence electrons. The molecule has 1 saturated heterocycles. The third-order valence-corrected chi connectivity index (χ3v) is 5.12. The molecule has 2 aromatic carbocycles. The first-order chi connectivity index (χ1) is 13.1. The van der Waals surface area contributed by atoms with Crippen LogP contribution in [0.15, 0.2) is 53.1 Å². The molecule has 0 unspecified atom stereocenters. The normalized spacial score (nSPS) is 15.3. The Morgan fingerprint density at radius 1 is 1.04 bits per heavy atom. The van der Waals surface area contributed by atoms with Gasteiger partial charge in [-0.05, 0) is 37.6 Å². The Morgan fingerprint density at radius 2 is 1.81 bits per heavy atom. The van der Waals surface area contributed by atoms with Gasteiger partial charge < -0.3 is 9.32 Å². The van der Waals surface area contributed by atoms with Gasteiger partial charge in [0.1, 0.15) is 12.1 Å². The van der Waals surface area contributed by atoms with E-state index >= 15 is 0 Å². The third kappa shape index (κ3) is 3.88. The van der Waals surface area contributed by atoms with Crippen molar-refractivity contribution >= 4 is 5.69 Å². The summed E-state index contributed by atoms with van der Waals surface area (Å²) in [7, 11) is 0. The molecule has 4 rings (SSSR count). The first-order valence-corrected chi connectivity index (χ1v) is 9.34. The monoisotopic (exact) mass is 365 g/mol. The molecule has 1 fully saturated rings. The van der Waals surface area contributed by atoms with Crippen molar-refractivity contribution in [2.75, 3.05) is 31.1 Å². The summed E-state index contributed by atoms with van der Waals surface area (Å²) in [6, 6.07) is 13.3. The summed E-state index contributed by atoms with van der Waals surface area (Å²) in [5.74, 6) is 0.521. The van der Waals surface area contributed by atoms with Crippen LogP contribution in [0.3, 0.4) is 0 Å². The first-order valence-electron chi connectivity index (χ1n) is 9.34. The molecule has 0 spiro atoms. The molecule has 0 bridgehead atoms. The molecule has 5 heteroatoms. The molecular formula is C22H24FN3O. The summed E-state index contributed by atoms with van der Waals surface area (Å²) in [4.78, 5) is 9.12. The zero-order chi connectivity index (χ0) is 18.8. The maximum atomic E-state index is 14.0. The Bertz CT molecular complexity index is 929. The van der Waals surface area contributed by atoms with Crippen LogP contribution < -0.4 is 4.90 Å². The number of para-hydroxylation sites is 1. The highest BCUT2D eigenvalue weighted by Gasteiger charge is 2.20. The average molecular weight is 365 g/mol. The highest BCUT2D eigenvalue weighted by atomic mass is 19.1. The van der Waals surface area contributed by atoms with E-state index in [4.69, 9.17) is 4.42 Å². The van der Waals surface area contributed by atoms with Crippen molar-refractivity contribution in [2.45, 2.75) is 20.4 Å². The van der Waals surface area contributed by atoms with Crippen molar-refractivity contribution in [3.8, 4) is 11.5 Å². The van der Waals surface area contributed by atoms with E-state index < -0.39 is 0 Å². The number of piperazine rings is 1. The largest absolute Gasteiger partial charge is 0.444 e. The maximum absolute atomic E-state index is 14.0. The zero-order valence-electron chi connectivity index (χ0n) is 15.8. The second kappa shape index (κ2) is 7.53. The van der Waals surface area contributed by atoms with Crippen LogP contribution >= 0.6 is 0 Å². The highest BCUT2D eigenvalue weighted by Crippen LogP contribution is 2.25. The second-order valence-electron chi connectivity index (χ2n) is 7.18. The number of oxazole rings is 1. The lowest BCUT2D eigenvalue weighted by molar-refractivity contribution is 0.246. The van der Waals surface area contributed by atoms with E-state index in [1.54, 1.807) is 12.3 Å². The van der Waals surface area contributed by atoms with Gasteiger partial charge in [-0.2, -0.15) is 0 Å². The van der Waals surface area contributed by atoms with Gasteiger partial charge in [0.25, 0.3) is 0 Å². The number of hydrogen-bond acceptors (Lipinski definition) is 4. The van der Waals surface area contributed by atoms with E-state index in [-0.39, 0.29) is 5.82 Å². The molecule has 0 radical (unpaired) electrons. The van der Waals surface area contributed by atoms with Crippen molar-refractivity contribution < 1.29 is 8.81 Å². The van der Waals surface area contributed by atoms with E-state index in [9.17, 15) is 4.39 Å². The minimum absolute atomic E-state index is 0.152. The fourth-order valence-corrected chi connectivity index (χ4v) is 3.64. The molecule has 1 aliphatic heterocycles.